The van der Waals surface area contributed by atoms with Gasteiger partial charge in [0, 0.05) is 6.04 Å². The summed E-state index contributed by atoms with van der Waals surface area (Å²) in [5, 5.41) is 1.00. The second-order valence-electron chi connectivity index (χ2n) is 4.19. The van der Waals surface area contributed by atoms with Crippen molar-refractivity contribution < 1.29 is 0 Å². The molecule has 0 aliphatic heterocycles. The van der Waals surface area contributed by atoms with Crippen molar-refractivity contribution in [2.45, 2.75) is 31.7 Å². The van der Waals surface area contributed by atoms with Crippen molar-refractivity contribution in [3.05, 3.63) is 22.6 Å². The Labute approximate surface area is 103 Å². The highest BCUT2D eigenvalue weighted by Crippen LogP contribution is 2.33. The molecule has 1 aliphatic rings. The molecule has 84 valence electrons. The van der Waals surface area contributed by atoms with E-state index in [2.05, 4.69) is 14.5 Å². The van der Waals surface area contributed by atoms with Gasteiger partial charge in [-0.25, -0.2) is 9.97 Å². The van der Waals surface area contributed by atoms with Gasteiger partial charge in [-0.3, -0.25) is 0 Å². The van der Waals surface area contributed by atoms with Gasteiger partial charge >= 0.3 is 0 Å². The van der Waals surface area contributed by atoms with Crippen LogP contribution in [0.15, 0.2) is 12.4 Å². The van der Waals surface area contributed by atoms with Gasteiger partial charge in [0.2, 0.25) is 0 Å². The fourth-order valence-electron chi connectivity index (χ4n) is 2.39. The molecule has 1 saturated carbocycles. The molecule has 3 rings (SSSR count). The van der Waals surface area contributed by atoms with Crippen LogP contribution < -0.4 is 0 Å². The van der Waals surface area contributed by atoms with Crippen molar-refractivity contribution in [1.82, 2.24) is 14.5 Å². The molecule has 0 spiro atoms. The highest BCUT2D eigenvalue weighted by atomic mass is 35.5. The molecule has 3 nitrogen and oxygen atoms in total. The summed E-state index contributed by atoms with van der Waals surface area (Å²) in [6, 6.07) is 2.14. The van der Waals surface area contributed by atoms with Crippen molar-refractivity contribution in [1.29, 1.82) is 0 Å². The predicted molar refractivity (Wildman–Crippen MR) is 65.1 cm³/mol. The SMILES string of the molecule is Clc1cc(Cl)c2ncn(C3CCCC3)c2n1. The maximum absolute atomic E-state index is 6.08. The molecular formula is C11H11Cl2N3. The first-order valence-electron chi connectivity index (χ1n) is 5.44. The first kappa shape index (κ1) is 10.4. The number of halogens is 2. The average Bonchev–Trinajstić information content (AvgIpc) is 2.83. The Kier molecular flexibility index (Phi) is 2.52. The van der Waals surface area contributed by atoms with Gasteiger partial charge in [0.05, 0.1) is 11.3 Å². The van der Waals surface area contributed by atoms with E-state index in [1.165, 1.54) is 25.7 Å². The Morgan fingerprint density at radius 2 is 2.00 bits per heavy atom. The van der Waals surface area contributed by atoms with E-state index in [0.29, 0.717) is 16.2 Å². The molecule has 2 heterocycles. The summed E-state index contributed by atoms with van der Waals surface area (Å²) in [6.07, 6.45) is 6.77. The van der Waals surface area contributed by atoms with E-state index in [0.717, 1.165) is 11.2 Å². The van der Waals surface area contributed by atoms with Crippen molar-refractivity contribution >= 4 is 34.4 Å². The van der Waals surface area contributed by atoms with E-state index >= 15 is 0 Å². The summed E-state index contributed by atoms with van der Waals surface area (Å²) in [7, 11) is 0. The van der Waals surface area contributed by atoms with Crippen molar-refractivity contribution in [2.75, 3.05) is 0 Å². The number of hydrogen-bond acceptors (Lipinski definition) is 2. The Morgan fingerprint density at radius 3 is 2.75 bits per heavy atom. The van der Waals surface area contributed by atoms with Crippen LogP contribution in [0.1, 0.15) is 31.7 Å². The molecule has 2 aromatic heterocycles. The number of fused-ring (bicyclic) bond motifs is 1. The van der Waals surface area contributed by atoms with Gasteiger partial charge in [0.25, 0.3) is 0 Å². The Hall–Kier alpha value is -0.800. The van der Waals surface area contributed by atoms with Crippen LogP contribution in [0.5, 0.6) is 0 Å². The van der Waals surface area contributed by atoms with Gasteiger partial charge < -0.3 is 4.57 Å². The molecule has 1 fully saturated rings. The van der Waals surface area contributed by atoms with Crippen LogP contribution in [-0.4, -0.2) is 14.5 Å². The standard InChI is InChI=1S/C11H11Cl2N3/c12-8-5-9(13)15-11-10(8)14-6-16(11)7-3-1-2-4-7/h5-7H,1-4H2. The van der Waals surface area contributed by atoms with Crippen molar-refractivity contribution in [3.8, 4) is 0 Å². The number of rotatable bonds is 1. The van der Waals surface area contributed by atoms with E-state index in [1.807, 2.05) is 6.33 Å². The van der Waals surface area contributed by atoms with Crippen LogP contribution in [0, 0.1) is 0 Å². The van der Waals surface area contributed by atoms with Crippen LogP contribution in [0.2, 0.25) is 10.2 Å². The lowest BCUT2D eigenvalue weighted by Crippen LogP contribution is -2.03. The second kappa shape index (κ2) is 3.90. The van der Waals surface area contributed by atoms with Gasteiger partial charge in [-0.1, -0.05) is 36.0 Å². The lowest BCUT2D eigenvalue weighted by Gasteiger charge is -2.11. The van der Waals surface area contributed by atoms with E-state index < -0.39 is 0 Å². The predicted octanol–water partition coefficient (Wildman–Crippen LogP) is 3.85. The molecule has 0 bridgehead atoms. The zero-order valence-electron chi connectivity index (χ0n) is 8.66. The van der Waals surface area contributed by atoms with E-state index in [9.17, 15) is 0 Å². The highest BCUT2D eigenvalue weighted by Gasteiger charge is 2.20. The molecule has 0 unspecified atom stereocenters. The fourth-order valence-corrected chi connectivity index (χ4v) is 2.87. The number of pyridine rings is 1. The number of aromatic nitrogens is 3. The van der Waals surface area contributed by atoms with Gasteiger partial charge in [-0.15, -0.1) is 0 Å². The van der Waals surface area contributed by atoms with E-state index in [1.54, 1.807) is 6.07 Å². The average molecular weight is 256 g/mol. The third-order valence-electron chi connectivity index (χ3n) is 3.17. The molecule has 5 heteroatoms. The summed E-state index contributed by atoms with van der Waals surface area (Å²) in [6.45, 7) is 0. The van der Waals surface area contributed by atoms with Gasteiger partial charge in [0.1, 0.15) is 10.7 Å². The lowest BCUT2D eigenvalue weighted by atomic mass is 10.2. The molecule has 0 radical (unpaired) electrons. The summed E-state index contributed by atoms with van der Waals surface area (Å²) in [5.41, 5.74) is 1.56. The number of imidazole rings is 1. The zero-order valence-corrected chi connectivity index (χ0v) is 10.2. The minimum absolute atomic E-state index is 0.428. The Balaban J connectivity index is 2.18. The summed E-state index contributed by atoms with van der Waals surface area (Å²) in [4.78, 5) is 8.64. The largest absolute Gasteiger partial charge is 0.312 e. The van der Waals surface area contributed by atoms with Crippen molar-refractivity contribution in [2.24, 2.45) is 0 Å². The smallest absolute Gasteiger partial charge is 0.163 e. The van der Waals surface area contributed by atoms with Crippen molar-refractivity contribution in [3.63, 3.8) is 0 Å². The first-order chi connectivity index (χ1) is 7.75. The zero-order chi connectivity index (χ0) is 11.1. The minimum atomic E-state index is 0.428. The quantitative estimate of drug-likeness (QED) is 0.725. The topological polar surface area (TPSA) is 30.7 Å². The van der Waals surface area contributed by atoms with Crippen LogP contribution in [-0.2, 0) is 0 Å². The number of hydrogen-bond donors (Lipinski definition) is 0. The van der Waals surface area contributed by atoms with Crippen LogP contribution >= 0.6 is 23.2 Å². The maximum atomic E-state index is 6.08. The summed E-state index contributed by atoms with van der Waals surface area (Å²) >= 11 is 12.0. The molecule has 1 aliphatic carbocycles. The molecule has 0 aromatic carbocycles. The minimum Gasteiger partial charge on any atom is -0.312 e. The summed E-state index contributed by atoms with van der Waals surface area (Å²) in [5.74, 6) is 0. The lowest BCUT2D eigenvalue weighted by molar-refractivity contribution is 0.529. The maximum Gasteiger partial charge on any atom is 0.163 e. The molecule has 0 saturated heterocycles. The molecule has 0 N–H and O–H groups in total. The number of nitrogens with zero attached hydrogens (tertiary/aromatic N) is 3. The van der Waals surface area contributed by atoms with Gasteiger partial charge in [-0.2, -0.15) is 0 Å². The van der Waals surface area contributed by atoms with Crippen LogP contribution in [0.4, 0.5) is 0 Å². The Morgan fingerprint density at radius 1 is 1.25 bits per heavy atom. The fraction of sp³-hybridized carbons (Fsp3) is 0.455. The van der Waals surface area contributed by atoms with Gasteiger partial charge in [-0.05, 0) is 18.9 Å². The van der Waals surface area contributed by atoms with E-state index in [-0.39, 0.29) is 0 Å². The Bertz CT molecular complexity index is 529. The summed E-state index contributed by atoms with van der Waals surface area (Å²) < 4.78 is 2.11. The highest BCUT2D eigenvalue weighted by molar-refractivity contribution is 6.37. The third-order valence-corrected chi connectivity index (χ3v) is 3.65. The first-order valence-corrected chi connectivity index (χ1v) is 6.20. The van der Waals surface area contributed by atoms with E-state index in [4.69, 9.17) is 23.2 Å². The second-order valence-corrected chi connectivity index (χ2v) is 4.98. The monoisotopic (exact) mass is 255 g/mol. The van der Waals surface area contributed by atoms with Gasteiger partial charge in [0.15, 0.2) is 5.65 Å². The molecular weight excluding hydrogens is 245 g/mol. The molecule has 0 atom stereocenters. The third kappa shape index (κ3) is 1.59. The van der Waals surface area contributed by atoms with Crippen LogP contribution in [0.25, 0.3) is 11.2 Å². The molecule has 16 heavy (non-hydrogen) atoms. The molecule has 0 amide bonds. The van der Waals surface area contributed by atoms with Crippen LogP contribution in [0.3, 0.4) is 0 Å². The normalized spacial score (nSPS) is 17.4. The molecule has 2 aromatic rings.